The number of hydrogen-bond donors (Lipinski definition) is 1. The second-order valence-corrected chi connectivity index (χ2v) is 4.20. The molecular formula is C11H11BrN2O. The van der Waals surface area contributed by atoms with E-state index in [1.54, 1.807) is 6.20 Å². The molecule has 1 aromatic carbocycles. The zero-order valence-electron chi connectivity index (χ0n) is 8.33. The molecule has 0 aliphatic rings. The van der Waals surface area contributed by atoms with Gasteiger partial charge in [-0.2, -0.15) is 0 Å². The molecule has 78 valence electrons. The number of aryl methyl sites for hydroxylation is 1. The van der Waals surface area contributed by atoms with Gasteiger partial charge in [0.25, 0.3) is 0 Å². The van der Waals surface area contributed by atoms with Gasteiger partial charge in [-0.1, -0.05) is 15.9 Å². The van der Waals surface area contributed by atoms with Gasteiger partial charge >= 0.3 is 0 Å². The molecule has 2 N–H and O–H groups in total. The van der Waals surface area contributed by atoms with Crippen molar-refractivity contribution < 1.29 is 4.42 Å². The second-order valence-electron chi connectivity index (χ2n) is 3.28. The lowest BCUT2D eigenvalue weighted by Gasteiger charge is -2.01. The van der Waals surface area contributed by atoms with Crippen molar-refractivity contribution in [2.24, 2.45) is 5.73 Å². The van der Waals surface area contributed by atoms with Crippen LogP contribution in [-0.2, 0) is 6.54 Å². The van der Waals surface area contributed by atoms with Crippen molar-refractivity contribution in [1.82, 2.24) is 4.98 Å². The summed E-state index contributed by atoms with van der Waals surface area (Å²) in [6, 6.07) is 6.02. The molecule has 0 aliphatic heterocycles. The lowest BCUT2D eigenvalue weighted by molar-refractivity contribution is 0.509. The van der Waals surface area contributed by atoms with Crippen molar-refractivity contribution in [1.29, 1.82) is 0 Å². The van der Waals surface area contributed by atoms with E-state index in [2.05, 4.69) is 20.9 Å². The molecule has 0 bridgehead atoms. The summed E-state index contributed by atoms with van der Waals surface area (Å²) in [5, 5.41) is 0. The third kappa shape index (κ3) is 2.11. The number of oxazole rings is 1. The predicted octanol–water partition coefficient (Wildman–Crippen LogP) is 2.87. The molecule has 2 aromatic rings. The van der Waals surface area contributed by atoms with Crippen LogP contribution in [0.25, 0.3) is 11.3 Å². The lowest BCUT2D eigenvalue weighted by Crippen LogP contribution is -1.94. The Labute approximate surface area is 96.4 Å². The van der Waals surface area contributed by atoms with E-state index in [0.29, 0.717) is 12.4 Å². The summed E-state index contributed by atoms with van der Waals surface area (Å²) in [5.74, 6) is 1.33. The Balaban J connectivity index is 2.44. The molecule has 0 spiro atoms. The first-order chi connectivity index (χ1) is 7.20. The second kappa shape index (κ2) is 4.16. The Hall–Kier alpha value is -1.13. The molecule has 0 radical (unpaired) electrons. The van der Waals surface area contributed by atoms with Gasteiger partial charge in [0, 0.05) is 10.0 Å². The van der Waals surface area contributed by atoms with Crippen LogP contribution in [0.4, 0.5) is 0 Å². The minimum atomic E-state index is 0.329. The summed E-state index contributed by atoms with van der Waals surface area (Å²) in [6.45, 7) is 2.36. The van der Waals surface area contributed by atoms with Crippen molar-refractivity contribution in [3.63, 3.8) is 0 Å². The molecule has 1 aromatic heterocycles. The van der Waals surface area contributed by atoms with Crippen LogP contribution in [-0.4, -0.2) is 4.98 Å². The number of halogens is 1. The molecular weight excluding hydrogens is 256 g/mol. The average molecular weight is 267 g/mol. The molecule has 0 atom stereocenters. The summed E-state index contributed by atoms with van der Waals surface area (Å²) in [7, 11) is 0. The maximum absolute atomic E-state index is 5.49. The number of benzene rings is 1. The first-order valence-electron chi connectivity index (χ1n) is 4.62. The highest BCUT2D eigenvalue weighted by Crippen LogP contribution is 2.26. The van der Waals surface area contributed by atoms with Gasteiger partial charge in [0.15, 0.2) is 5.76 Å². The fraction of sp³-hybridized carbons (Fsp3) is 0.182. The minimum absolute atomic E-state index is 0.329. The standard InChI is InChI=1S/C11H11BrN2O/c1-7-4-8(12)2-3-9(7)10-6-14-11(5-13)15-10/h2-4,6H,5,13H2,1H3. The van der Waals surface area contributed by atoms with Crippen LogP contribution in [0, 0.1) is 6.92 Å². The van der Waals surface area contributed by atoms with Gasteiger partial charge < -0.3 is 10.2 Å². The van der Waals surface area contributed by atoms with E-state index < -0.39 is 0 Å². The Morgan fingerprint density at radius 2 is 2.27 bits per heavy atom. The zero-order valence-corrected chi connectivity index (χ0v) is 9.91. The van der Waals surface area contributed by atoms with Gasteiger partial charge in [0.05, 0.1) is 12.7 Å². The zero-order chi connectivity index (χ0) is 10.8. The van der Waals surface area contributed by atoms with E-state index >= 15 is 0 Å². The molecule has 2 rings (SSSR count). The topological polar surface area (TPSA) is 52.0 Å². The van der Waals surface area contributed by atoms with Crippen molar-refractivity contribution in [2.75, 3.05) is 0 Å². The van der Waals surface area contributed by atoms with E-state index in [0.717, 1.165) is 21.4 Å². The van der Waals surface area contributed by atoms with Crippen LogP contribution in [0.2, 0.25) is 0 Å². The van der Waals surface area contributed by atoms with Crippen molar-refractivity contribution >= 4 is 15.9 Å². The van der Waals surface area contributed by atoms with Gasteiger partial charge in [-0.05, 0) is 30.7 Å². The number of hydrogen-bond acceptors (Lipinski definition) is 3. The molecule has 0 aliphatic carbocycles. The van der Waals surface area contributed by atoms with Gasteiger partial charge in [-0.25, -0.2) is 4.98 Å². The highest BCUT2D eigenvalue weighted by Gasteiger charge is 2.07. The van der Waals surface area contributed by atoms with Gasteiger partial charge in [0.2, 0.25) is 5.89 Å². The lowest BCUT2D eigenvalue weighted by atomic mass is 10.1. The molecule has 0 saturated heterocycles. The molecule has 3 nitrogen and oxygen atoms in total. The van der Waals surface area contributed by atoms with Gasteiger partial charge in [-0.15, -0.1) is 0 Å². The smallest absolute Gasteiger partial charge is 0.208 e. The Morgan fingerprint density at radius 3 is 2.87 bits per heavy atom. The highest BCUT2D eigenvalue weighted by atomic mass is 79.9. The molecule has 1 heterocycles. The molecule has 0 amide bonds. The summed E-state index contributed by atoms with van der Waals surface area (Å²) in [6.07, 6.45) is 1.71. The first kappa shape index (κ1) is 10.4. The molecule has 0 unspecified atom stereocenters. The number of nitrogens with two attached hydrogens (primary N) is 1. The number of nitrogens with zero attached hydrogens (tertiary/aromatic N) is 1. The molecule has 0 saturated carbocycles. The van der Waals surface area contributed by atoms with Gasteiger partial charge in [0.1, 0.15) is 0 Å². The maximum Gasteiger partial charge on any atom is 0.208 e. The summed E-state index contributed by atoms with van der Waals surface area (Å²) in [4.78, 5) is 4.07. The minimum Gasteiger partial charge on any atom is -0.439 e. The van der Waals surface area contributed by atoms with Gasteiger partial charge in [-0.3, -0.25) is 0 Å². The van der Waals surface area contributed by atoms with Crippen LogP contribution in [0.15, 0.2) is 33.3 Å². The molecule has 15 heavy (non-hydrogen) atoms. The highest BCUT2D eigenvalue weighted by molar-refractivity contribution is 9.10. The third-order valence-corrected chi connectivity index (χ3v) is 2.68. The Morgan fingerprint density at radius 1 is 1.47 bits per heavy atom. The number of rotatable bonds is 2. The van der Waals surface area contributed by atoms with E-state index in [-0.39, 0.29) is 0 Å². The van der Waals surface area contributed by atoms with E-state index in [9.17, 15) is 0 Å². The molecule has 0 fully saturated rings. The quantitative estimate of drug-likeness (QED) is 0.910. The van der Waals surface area contributed by atoms with Crippen LogP contribution >= 0.6 is 15.9 Å². The summed E-state index contributed by atoms with van der Waals surface area (Å²) in [5.41, 5.74) is 7.63. The van der Waals surface area contributed by atoms with Crippen LogP contribution in [0.1, 0.15) is 11.5 Å². The predicted molar refractivity (Wildman–Crippen MR) is 62.3 cm³/mol. The van der Waals surface area contributed by atoms with Crippen molar-refractivity contribution in [3.05, 3.63) is 40.3 Å². The first-order valence-corrected chi connectivity index (χ1v) is 5.41. The average Bonchev–Trinajstić information content (AvgIpc) is 2.66. The van der Waals surface area contributed by atoms with E-state index in [4.69, 9.17) is 10.2 Å². The Kier molecular flexibility index (Phi) is 2.88. The fourth-order valence-electron chi connectivity index (χ4n) is 1.43. The van der Waals surface area contributed by atoms with Crippen molar-refractivity contribution in [2.45, 2.75) is 13.5 Å². The largest absolute Gasteiger partial charge is 0.439 e. The SMILES string of the molecule is Cc1cc(Br)ccc1-c1cnc(CN)o1. The Bertz CT molecular complexity index is 479. The van der Waals surface area contributed by atoms with Crippen LogP contribution < -0.4 is 5.73 Å². The summed E-state index contributed by atoms with van der Waals surface area (Å²) >= 11 is 3.42. The van der Waals surface area contributed by atoms with E-state index in [1.807, 2.05) is 25.1 Å². The normalized spacial score (nSPS) is 10.6. The monoisotopic (exact) mass is 266 g/mol. The van der Waals surface area contributed by atoms with E-state index in [1.165, 1.54) is 0 Å². The van der Waals surface area contributed by atoms with Crippen LogP contribution in [0.3, 0.4) is 0 Å². The summed E-state index contributed by atoms with van der Waals surface area (Å²) < 4.78 is 6.55. The fourth-order valence-corrected chi connectivity index (χ4v) is 1.91. The maximum atomic E-state index is 5.49. The number of aromatic nitrogens is 1. The van der Waals surface area contributed by atoms with Crippen molar-refractivity contribution in [3.8, 4) is 11.3 Å². The third-order valence-electron chi connectivity index (χ3n) is 2.18. The molecule has 4 heteroatoms. The van der Waals surface area contributed by atoms with Crippen LogP contribution in [0.5, 0.6) is 0 Å².